The highest BCUT2D eigenvalue weighted by Gasteiger charge is 2.33. The Bertz CT molecular complexity index is 706. The second-order valence-electron chi connectivity index (χ2n) is 4.75. The predicted molar refractivity (Wildman–Crippen MR) is 75.1 cm³/mol. The average Bonchev–Trinajstić information content (AvgIpc) is 2.37. The van der Waals surface area contributed by atoms with Crippen molar-refractivity contribution in [2.24, 2.45) is 0 Å². The number of aromatic nitrogens is 1. The van der Waals surface area contributed by atoms with Gasteiger partial charge < -0.3 is 4.90 Å². The summed E-state index contributed by atoms with van der Waals surface area (Å²) in [5.41, 5.74) is -0.447. The van der Waals surface area contributed by atoms with Gasteiger partial charge >= 0.3 is 0 Å². The van der Waals surface area contributed by atoms with Crippen molar-refractivity contribution in [3.05, 3.63) is 33.1 Å². The number of hydrogen-bond acceptors (Lipinski definition) is 6. The van der Waals surface area contributed by atoms with Crippen LogP contribution in [0.15, 0.2) is 12.3 Å². The van der Waals surface area contributed by atoms with Crippen LogP contribution >= 0.6 is 11.6 Å². The van der Waals surface area contributed by atoms with Crippen molar-refractivity contribution in [3.63, 3.8) is 0 Å². The lowest BCUT2D eigenvalue weighted by Gasteiger charge is -2.33. The molecule has 2 heterocycles. The number of amides is 1. The molecule has 1 aliphatic heterocycles. The number of halogens is 1. The first kappa shape index (κ1) is 15.6. The second-order valence-corrected chi connectivity index (χ2v) is 7.34. The summed E-state index contributed by atoms with van der Waals surface area (Å²) in [7, 11) is -3.16. The van der Waals surface area contributed by atoms with Gasteiger partial charge in [0.1, 0.15) is 11.3 Å². The molecule has 1 fully saturated rings. The van der Waals surface area contributed by atoms with Crippen molar-refractivity contribution >= 4 is 33.0 Å². The molecule has 10 heteroatoms. The van der Waals surface area contributed by atoms with Crippen LogP contribution in [0.4, 0.5) is 5.69 Å². The van der Waals surface area contributed by atoms with Gasteiger partial charge in [-0.2, -0.15) is 0 Å². The normalized spacial score (nSPS) is 21.0. The van der Waals surface area contributed by atoms with E-state index in [4.69, 9.17) is 11.6 Å². The zero-order chi connectivity index (χ0) is 15.8. The summed E-state index contributed by atoms with van der Waals surface area (Å²) in [6, 6.07) is 0.527. The Morgan fingerprint density at radius 2 is 2.24 bits per heavy atom. The van der Waals surface area contributed by atoms with Crippen LogP contribution in [-0.4, -0.2) is 53.2 Å². The highest BCUT2D eigenvalue weighted by atomic mass is 35.5. The largest absolute Gasteiger partial charge is 0.334 e. The maximum Gasteiger partial charge on any atom is 0.288 e. The lowest BCUT2D eigenvalue weighted by atomic mass is 10.2. The maximum absolute atomic E-state index is 12.4. The summed E-state index contributed by atoms with van der Waals surface area (Å²) in [6.07, 6.45) is 0.962. The first-order valence-corrected chi connectivity index (χ1v) is 8.22. The summed E-state index contributed by atoms with van der Waals surface area (Å²) in [5.74, 6) is -0.833. The number of carbonyl (C=O) groups is 1. The first-order valence-electron chi connectivity index (χ1n) is 6.02. The molecule has 1 atom stereocenters. The van der Waals surface area contributed by atoms with Gasteiger partial charge in [0.25, 0.3) is 11.6 Å². The fraction of sp³-hybridized carbons (Fsp3) is 0.455. The summed E-state index contributed by atoms with van der Waals surface area (Å²) >= 11 is 5.82. The maximum atomic E-state index is 12.4. The number of hydrogen-bond donors (Lipinski definition) is 0. The third-order valence-corrected chi connectivity index (χ3v) is 5.29. The van der Waals surface area contributed by atoms with E-state index in [9.17, 15) is 23.3 Å². The molecule has 0 aliphatic carbocycles. The Morgan fingerprint density at radius 3 is 2.81 bits per heavy atom. The average molecular weight is 334 g/mol. The Morgan fingerprint density at radius 1 is 1.57 bits per heavy atom. The fourth-order valence-corrected chi connectivity index (χ4v) is 3.88. The number of carbonyl (C=O) groups excluding carboxylic acids is 1. The first-order chi connectivity index (χ1) is 9.71. The molecule has 1 aromatic rings. The molecule has 0 N–H and O–H groups in total. The number of nitro groups is 1. The van der Waals surface area contributed by atoms with Gasteiger partial charge in [-0.15, -0.1) is 0 Å². The van der Waals surface area contributed by atoms with E-state index in [2.05, 4.69) is 4.98 Å². The molecule has 2 rings (SSSR count). The van der Waals surface area contributed by atoms with Gasteiger partial charge in [-0.05, 0) is 6.92 Å². The molecule has 1 saturated heterocycles. The molecule has 1 aliphatic rings. The van der Waals surface area contributed by atoms with Crippen LogP contribution in [-0.2, 0) is 9.84 Å². The summed E-state index contributed by atoms with van der Waals surface area (Å²) in [6.45, 7) is 1.63. The monoisotopic (exact) mass is 333 g/mol. The smallest absolute Gasteiger partial charge is 0.288 e. The van der Waals surface area contributed by atoms with Gasteiger partial charge in [0, 0.05) is 18.7 Å². The van der Waals surface area contributed by atoms with Gasteiger partial charge in [-0.25, -0.2) is 13.4 Å². The molecular formula is C11H12ClN3O5S. The van der Waals surface area contributed by atoms with Crippen molar-refractivity contribution < 1.29 is 18.1 Å². The van der Waals surface area contributed by atoms with E-state index in [-0.39, 0.29) is 34.5 Å². The van der Waals surface area contributed by atoms with Crippen molar-refractivity contribution in [2.75, 3.05) is 18.1 Å². The van der Waals surface area contributed by atoms with Gasteiger partial charge in [-0.1, -0.05) is 11.6 Å². The summed E-state index contributed by atoms with van der Waals surface area (Å²) in [4.78, 5) is 27.4. The van der Waals surface area contributed by atoms with Crippen molar-refractivity contribution in [1.29, 1.82) is 0 Å². The standard InChI is InChI=1S/C11H12ClN3O5S/c1-7-6-21(19,20)3-2-14(7)11(16)9-4-8(15(17)18)5-13-10(9)12/h4-5,7H,2-3,6H2,1H3. The molecule has 0 radical (unpaired) electrons. The Hall–Kier alpha value is -1.74. The summed E-state index contributed by atoms with van der Waals surface area (Å²) < 4.78 is 23.0. The third-order valence-electron chi connectivity index (χ3n) is 3.20. The lowest BCUT2D eigenvalue weighted by Crippen LogP contribution is -2.49. The molecule has 0 bridgehead atoms. The van der Waals surface area contributed by atoms with Crippen molar-refractivity contribution in [1.82, 2.24) is 9.88 Å². The van der Waals surface area contributed by atoms with Gasteiger partial charge in [0.2, 0.25) is 0 Å². The van der Waals surface area contributed by atoms with Crippen molar-refractivity contribution in [2.45, 2.75) is 13.0 Å². The van der Waals surface area contributed by atoms with E-state index in [0.717, 1.165) is 12.3 Å². The quantitative estimate of drug-likeness (QED) is 0.451. The van der Waals surface area contributed by atoms with Gasteiger partial charge in [0.15, 0.2) is 9.84 Å². The molecule has 8 nitrogen and oxygen atoms in total. The highest BCUT2D eigenvalue weighted by Crippen LogP contribution is 2.23. The Balaban J connectivity index is 2.32. The van der Waals surface area contributed by atoms with Crippen LogP contribution in [0.5, 0.6) is 0 Å². The Kier molecular flexibility index (Phi) is 4.15. The second kappa shape index (κ2) is 5.57. The fourth-order valence-electron chi connectivity index (χ4n) is 2.14. The van der Waals surface area contributed by atoms with Gasteiger partial charge in [0.05, 0.1) is 22.0 Å². The lowest BCUT2D eigenvalue weighted by molar-refractivity contribution is -0.385. The molecular weight excluding hydrogens is 322 g/mol. The van der Waals surface area contributed by atoms with E-state index in [1.165, 1.54) is 4.90 Å². The van der Waals surface area contributed by atoms with E-state index in [1.807, 2.05) is 0 Å². The van der Waals surface area contributed by atoms with E-state index in [0.29, 0.717) is 0 Å². The van der Waals surface area contributed by atoms with Crippen LogP contribution < -0.4 is 0 Å². The van der Waals surface area contributed by atoms with Crippen LogP contribution in [0, 0.1) is 10.1 Å². The summed E-state index contributed by atoms with van der Waals surface area (Å²) in [5, 5.41) is 10.6. The predicted octanol–water partition coefficient (Wildman–Crippen LogP) is 0.902. The number of rotatable bonds is 2. The molecule has 1 unspecified atom stereocenters. The van der Waals surface area contributed by atoms with Crippen molar-refractivity contribution in [3.8, 4) is 0 Å². The van der Waals surface area contributed by atoms with Crippen LogP contribution in [0.3, 0.4) is 0 Å². The Labute approximate surface area is 125 Å². The van der Waals surface area contributed by atoms with E-state index in [1.54, 1.807) is 6.92 Å². The molecule has 0 aromatic carbocycles. The molecule has 1 aromatic heterocycles. The zero-order valence-electron chi connectivity index (χ0n) is 11.0. The van der Waals surface area contributed by atoms with Gasteiger partial charge in [-0.3, -0.25) is 14.9 Å². The van der Waals surface area contributed by atoms with Crippen LogP contribution in [0.1, 0.15) is 17.3 Å². The topological polar surface area (TPSA) is 110 Å². The van der Waals surface area contributed by atoms with E-state index >= 15 is 0 Å². The minimum Gasteiger partial charge on any atom is -0.334 e. The zero-order valence-corrected chi connectivity index (χ0v) is 12.6. The molecule has 0 spiro atoms. The molecule has 21 heavy (non-hydrogen) atoms. The SMILES string of the molecule is CC1CS(=O)(=O)CCN1C(=O)c1cc([N+](=O)[O-])cnc1Cl. The number of sulfone groups is 1. The molecule has 1 amide bonds. The molecule has 0 saturated carbocycles. The third kappa shape index (κ3) is 3.30. The minimum absolute atomic E-state index is 0.0291. The minimum atomic E-state index is -3.16. The molecule has 114 valence electrons. The number of nitrogens with zero attached hydrogens (tertiary/aromatic N) is 3. The van der Waals surface area contributed by atoms with E-state index < -0.39 is 26.7 Å². The van der Waals surface area contributed by atoms with Crippen LogP contribution in [0.25, 0.3) is 0 Å². The number of pyridine rings is 1. The van der Waals surface area contributed by atoms with Crippen LogP contribution in [0.2, 0.25) is 5.15 Å². The highest BCUT2D eigenvalue weighted by molar-refractivity contribution is 7.91.